The topological polar surface area (TPSA) is 78.5 Å². The molecule has 6 heteroatoms. The molecule has 1 heterocycles. The highest BCUT2D eigenvalue weighted by Gasteiger charge is 2.37. The summed E-state index contributed by atoms with van der Waals surface area (Å²) in [5.41, 5.74) is -0.176. The molecule has 0 spiro atoms. The molecule has 1 N–H and O–H groups in total. The molecule has 0 bridgehead atoms. The summed E-state index contributed by atoms with van der Waals surface area (Å²) >= 11 is 0. The Morgan fingerprint density at radius 3 is 2.44 bits per heavy atom. The lowest BCUT2D eigenvalue weighted by Crippen LogP contribution is -2.29. The molecule has 82 valence electrons. The lowest BCUT2D eigenvalue weighted by Gasteiger charge is -2.18. The summed E-state index contributed by atoms with van der Waals surface area (Å²) < 4.78 is 0. The molecule has 1 aliphatic heterocycles. The van der Waals surface area contributed by atoms with Crippen LogP contribution in [-0.2, 0) is 10.5 Å². The van der Waals surface area contributed by atoms with Crippen LogP contribution in [0.2, 0.25) is 0 Å². The summed E-state index contributed by atoms with van der Waals surface area (Å²) in [7, 11) is 1.57. The van der Waals surface area contributed by atoms with Gasteiger partial charge >= 0.3 is 0 Å². The van der Waals surface area contributed by atoms with Crippen molar-refractivity contribution in [2.45, 2.75) is 12.1 Å². The maximum absolute atomic E-state index is 11.4. The number of nitrogens with zero attached hydrogens (tertiary/aromatic N) is 4. The second kappa shape index (κ2) is 4.18. The summed E-state index contributed by atoms with van der Waals surface area (Å²) in [6, 6.07) is 9.33. The Bertz CT molecular complexity index is 428. The van der Waals surface area contributed by atoms with Gasteiger partial charge in [-0.3, -0.25) is 4.79 Å². The van der Waals surface area contributed by atoms with Crippen LogP contribution in [0.15, 0.2) is 51.0 Å². The fourth-order valence-electron chi connectivity index (χ4n) is 1.51. The first-order valence-corrected chi connectivity index (χ1v) is 4.87. The molecule has 0 radical (unpaired) electrons. The summed E-state index contributed by atoms with van der Waals surface area (Å²) in [6.07, 6.45) is 0.112. The van der Waals surface area contributed by atoms with Crippen molar-refractivity contribution in [3.05, 3.63) is 35.9 Å². The van der Waals surface area contributed by atoms with E-state index in [1.54, 1.807) is 7.05 Å². The number of amides is 1. The van der Waals surface area contributed by atoms with Crippen molar-refractivity contribution >= 4 is 5.91 Å². The van der Waals surface area contributed by atoms with Crippen LogP contribution < -0.4 is 5.32 Å². The van der Waals surface area contributed by atoms with Gasteiger partial charge in [0.05, 0.1) is 6.42 Å². The summed E-state index contributed by atoms with van der Waals surface area (Å²) in [4.78, 5) is 11.4. The monoisotopic (exact) mass is 217 g/mol. The van der Waals surface area contributed by atoms with Gasteiger partial charge in [-0.05, 0) is 10.4 Å². The molecule has 0 atom stereocenters. The van der Waals surface area contributed by atoms with E-state index in [0.717, 1.165) is 5.56 Å². The lowest BCUT2D eigenvalue weighted by atomic mass is 9.97. The maximum Gasteiger partial charge on any atom is 0.228 e. The average molecular weight is 217 g/mol. The van der Waals surface area contributed by atoms with Gasteiger partial charge in [-0.25, -0.2) is 0 Å². The Kier molecular flexibility index (Phi) is 2.72. The van der Waals surface area contributed by atoms with E-state index in [1.807, 2.05) is 30.3 Å². The minimum absolute atomic E-state index is 0.112. The number of carbonyl (C=O) groups is 1. The van der Waals surface area contributed by atoms with E-state index in [-0.39, 0.29) is 12.3 Å². The standard InChI is InChI=1S/C10H11N5O/c1-11-9(16)7-10(12-14-15-13-10)8-5-3-2-4-6-8/h2-6H,7H2,1H3,(H,11,16). The van der Waals surface area contributed by atoms with Gasteiger partial charge in [0.25, 0.3) is 0 Å². The van der Waals surface area contributed by atoms with Gasteiger partial charge < -0.3 is 5.32 Å². The number of nitrogens with one attached hydrogen (secondary N) is 1. The Morgan fingerprint density at radius 2 is 1.88 bits per heavy atom. The van der Waals surface area contributed by atoms with Crippen LogP contribution in [0.5, 0.6) is 0 Å². The van der Waals surface area contributed by atoms with Crippen molar-refractivity contribution in [3.8, 4) is 0 Å². The summed E-state index contributed by atoms with van der Waals surface area (Å²) in [5, 5.41) is 17.5. The molecule has 2 rings (SSSR count). The molecular weight excluding hydrogens is 206 g/mol. The fraction of sp³-hybridized carbons (Fsp3) is 0.300. The molecule has 1 aromatic carbocycles. The van der Waals surface area contributed by atoms with E-state index in [9.17, 15) is 4.79 Å². The third kappa shape index (κ3) is 1.81. The molecule has 1 amide bonds. The zero-order valence-corrected chi connectivity index (χ0v) is 8.79. The minimum Gasteiger partial charge on any atom is -0.359 e. The highest BCUT2D eigenvalue weighted by molar-refractivity contribution is 5.77. The molecule has 0 saturated heterocycles. The third-order valence-electron chi connectivity index (χ3n) is 2.38. The van der Waals surface area contributed by atoms with Crippen LogP contribution in [-0.4, -0.2) is 13.0 Å². The van der Waals surface area contributed by atoms with Crippen LogP contribution in [0.4, 0.5) is 0 Å². The van der Waals surface area contributed by atoms with Crippen molar-refractivity contribution in [2.75, 3.05) is 7.05 Å². The van der Waals surface area contributed by atoms with Gasteiger partial charge in [0.2, 0.25) is 11.6 Å². The van der Waals surface area contributed by atoms with Crippen molar-refractivity contribution in [3.63, 3.8) is 0 Å². The zero-order valence-electron chi connectivity index (χ0n) is 8.79. The first-order chi connectivity index (χ1) is 7.77. The molecular formula is C10H11N5O. The minimum atomic E-state index is -0.985. The molecule has 0 aromatic heterocycles. The number of benzene rings is 1. The maximum atomic E-state index is 11.4. The molecule has 16 heavy (non-hydrogen) atoms. The second-order valence-electron chi connectivity index (χ2n) is 3.41. The van der Waals surface area contributed by atoms with Gasteiger partial charge in [0, 0.05) is 12.6 Å². The molecule has 0 fully saturated rings. The van der Waals surface area contributed by atoms with E-state index in [4.69, 9.17) is 0 Å². The third-order valence-corrected chi connectivity index (χ3v) is 2.38. The van der Waals surface area contributed by atoms with Gasteiger partial charge in [0.15, 0.2) is 0 Å². The van der Waals surface area contributed by atoms with Crippen molar-refractivity contribution in [1.29, 1.82) is 0 Å². The van der Waals surface area contributed by atoms with E-state index in [1.165, 1.54) is 0 Å². The number of carbonyl (C=O) groups excluding carboxylic acids is 1. The predicted octanol–water partition coefficient (Wildman–Crippen LogP) is 1.81. The number of rotatable bonds is 3. The van der Waals surface area contributed by atoms with Gasteiger partial charge in [-0.2, -0.15) is 0 Å². The second-order valence-corrected chi connectivity index (χ2v) is 3.41. The summed E-state index contributed by atoms with van der Waals surface area (Å²) in [5.74, 6) is -0.149. The summed E-state index contributed by atoms with van der Waals surface area (Å²) in [6.45, 7) is 0. The number of hydrogen-bond acceptors (Lipinski definition) is 5. The number of hydrogen-bond donors (Lipinski definition) is 1. The Balaban J connectivity index is 2.34. The molecule has 0 aliphatic carbocycles. The Labute approximate surface area is 92.5 Å². The largest absolute Gasteiger partial charge is 0.359 e. The first-order valence-electron chi connectivity index (χ1n) is 4.87. The highest BCUT2D eigenvalue weighted by atomic mass is 16.1. The predicted molar refractivity (Wildman–Crippen MR) is 56.5 cm³/mol. The average Bonchev–Trinajstić information content (AvgIpc) is 2.80. The molecule has 0 unspecified atom stereocenters. The molecule has 6 nitrogen and oxygen atoms in total. The quantitative estimate of drug-likeness (QED) is 0.823. The van der Waals surface area contributed by atoms with Crippen LogP contribution >= 0.6 is 0 Å². The van der Waals surface area contributed by atoms with Gasteiger partial charge in [0.1, 0.15) is 0 Å². The molecule has 1 aromatic rings. The van der Waals surface area contributed by atoms with Crippen molar-refractivity contribution in [2.24, 2.45) is 20.7 Å². The Morgan fingerprint density at radius 1 is 1.25 bits per heavy atom. The van der Waals surface area contributed by atoms with Gasteiger partial charge in [-0.15, -0.1) is 10.2 Å². The lowest BCUT2D eigenvalue weighted by molar-refractivity contribution is -0.121. The SMILES string of the molecule is CNC(=O)CC1(c2ccccc2)N=NN=N1. The van der Waals surface area contributed by atoms with Gasteiger partial charge in [-0.1, -0.05) is 30.3 Å². The molecule has 0 saturated carbocycles. The van der Waals surface area contributed by atoms with E-state index in [0.29, 0.717) is 0 Å². The normalized spacial score (nSPS) is 16.3. The van der Waals surface area contributed by atoms with Crippen LogP contribution in [0, 0.1) is 0 Å². The van der Waals surface area contributed by atoms with Crippen molar-refractivity contribution < 1.29 is 4.79 Å². The Hall–Kier alpha value is -2.11. The van der Waals surface area contributed by atoms with E-state index in [2.05, 4.69) is 26.0 Å². The smallest absolute Gasteiger partial charge is 0.228 e. The highest BCUT2D eigenvalue weighted by Crippen LogP contribution is 2.35. The van der Waals surface area contributed by atoms with E-state index >= 15 is 0 Å². The fourth-order valence-corrected chi connectivity index (χ4v) is 1.51. The van der Waals surface area contributed by atoms with Crippen LogP contribution in [0.1, 0.15) is 12.0 Å². The van der Waals surface area contributed by atoms with Crippen LogP contribution in [0.25, 0.3) is 0 Å². The van der Waals surface area contributed by atoms with Crippen molar-refractivity contribution in [1.82, 2.24) is 5.32 Å². The first kappa shape index (κ1) is 10.4. The van der Waals surface area contributed by atoms with E-state index < -0.39 is 5.66 Å². The zero-order chi connectivity index (χ0) is 11.4. The van der Waals surface area contributed by atoms with Crippen LogP contribution in [0.3, 0.4) is 0 Å². The molecule has 1 aliphatic rings.